The largest absolute Gasteiger partial charge is 0.478 e. The summed E-state index contributed by atoms with van der Waals surface area (Å²) in [4.78, 5) is 11.1. The molecule has 2 rings (SSSR count). The van der Waals surface area contributed by atoms with Crippen LogP contribution in [0.2, 0.25) is 0 Å². The molecule has 0 saturated carbocycles. The molecule has 1 aromatic heterocycles. The van der Waals surface area contributed by atoms with Gasteiger partial charge in [-0.25, -0.2) is 4.79 Å². The number of nitrogens with one attached hydrogen (secondary N) is 1. The third-order valence-corrected chi connectivity index (χ3v) is 3.39. The molecular weight excluding hydrogens is 248 g/mol. The van der Waals surface area contributed by atoms with Gasteiger partial charge in [-0.3, -0.25) is 0 Å². The van der Waals surface area contributed by atoms with Crippen LogP contribution in [-0.2, 0) is 0 Å². The number of rotatable bonds is 4. The van der Waals surface area contributed by atoms with Crippen LogP contribution in [0.25, 0.3) is 0 Å². The molecule has 0 aliphatic rings. The number of aromatic carboxylic acids is 1. The standard InChI is InChI=1S/C13H14N2O2S/c1-8(9-4-5-18-7-9)15-12-3-2-10(14)6-11(12)13(16)17/h2-8,15H,14H2,1H3,(H,16,17). The van der Waals surface area contributed by atoms with Crippen molar-refractivity contribution in [3.8, 4) is 0 Å². The van der Waals surface area contributed by atoms with Gasteiger partial charge in [0.1, 0.15) is 0 Å². The van der Waals surface area contributed by atoms with Crippen molar-refractivity contribution in [2.45, 2.75) is 13.0 Å². The fraction of sp³-hybridized carbons (Fsp3) is 0.154. The van der Waals surface area contributed by atoms with Crippen molar-refractivity contribution in [2.75, 3.05) is 11.1 Å². The predicted molar refractivity (Wildman–Crippen MR) is 74.2 cm³/mol. The van der Waals surface area contributed by atoms with E-state index in [1.165, 1.54) is 6.07 Å². The number of benzene rings is 1. The Hall–Kier alpha value is -2.01. The fourth-order valence-electron chi connectivity index (χ4n) is 1.70. The Bertz CT molecular complexity index is 552. The summed E-state index contributed by atoms with van der Waals surface area (Å²) < 4.78 is 0. The number of nitrogens with two attached hydrogens (primary N) is 1. The number of nitrogen functional groups attached to an aromatic ring is 1. The summed E-state index contributed by atoms with van der Waals surface area (Å²) in [5, 5.41) is 16.4. The van der Waals surface area contributed by atoms with Gasteiger partial charge in [-0.15, -0.1) is 0 Å². The van der Waals surface area contributed by atoms with Crippen molar-refractivity contribution in [1.29, 1.82) is 0 Å². The van der Waals surface area contributed by atoms with Crippen molar-refractivity contribution >= 4 is 28.7 Å². The maximum Gasteiger partial charge on any atom is 0.337 e. The van der Waals surface area contributed by atoms with Gasteiger partial charge in [-0.05, 0) is 47.5 Å². The van der Waals surface area contributed by atoms with E-state index >= 15 is 0 Å². The number of anilines is 2. The maximum atomic E-state index is 11.1. The van der Waals surface area contributed by atoms with Crippen LogP contribution < -0.4 is 11.1 Å². The molecule has 4 nitrogen and oxygen atoms in total. The van der Waals surface area contributed by atoms with Gasteiger partial charge in [0.25, 0.3) is 0 Å². The lowest BCUT2D eigenvalue weighted by atomic mass is 10.1. The second-order valence-electron chi connectivity index (χ2n) is 4.03. The average Bonchev–Trinajstić information content (AvgIpc) is 2.84. The minimum Gasteiger partial charge on any atom is -0.478 e. The Kier molecular flexibility index (Phi) is 3.53. The van der Waals surface area contributed by atoms with Crippen LogP contribution in [-0.4, -0.2) is 11.1 Å². The molecule has 1 unspecified atom stereocenters. The first-order valence-electron chi connectivity index (χ1n) is 5.49. The van der Waals surface area contributed by atoms with Crippen LogP contribution in [0.3, 0.4) is 0 Å². The number of hydrogen-bond donors (Lipinski definition) is 3. The normalized spacial score (nSPS) is 12.1. The molecule has 4 N–H and O–H groups in total. The number of hydrogen-bond acceptors (Lipinski definition) is 4. The number of carboxylic acids is 1. The topological polar surface area (TPSA) is 75.3 Å². The number of thiophene rings is 1. The summed E-state index contributed by atoms with van der Waals surface area (Å²) in [6.45, 7) is 1.99. The lowest BCUT2D eigenvalue weighted by Gasteiger charge is -2.16. The lowest BCUT2D eigenvalue weighted by molar-refractivity contribution is 0.0698. The lowest BCUT2D eigenvalue weighted by Crippen LogP contribution is -2.10. The van der Waals surface area contributed by atoms with E-state index < -0.39 is 5.97 Å². The Balaban J connectivity index is 2.26. The zero-order valence-corrected chi connectivity index (χ0v) is 10.7. The molecule has 0 aliphatic heterocycles. The Labute approximate surface area is 109 Å². The Morgan fingerprint density at radius 2 is 2.22 bits per heavy atom. The summed E-state index contributed by atoms with van der Waals surface area (Å²) in [7, 11) is 0. The monoisotopic (exact) mass is 262 g/mol. The average molecular weight is 262 g/mol. The molecule has 0 radical (unpaired) electrons. The molecule has 1 atom stereocenters. The minimum absolute atomic E-state index is 0.0537. The SMILES string of the molecule is CC(Nc1ccc(N)cc1C(=O)O)c1ccsc1. The van der Waals surface area contributed by atoms with Crippen molar-refractivity contribution in [3.05, 3.63) is 46.2 Å². The van der Waals surface area contributed by atoms with Crippen LogP contribution in [0.4, 0.5) is 11.4 Å². The van der Waals surface area contributed by atoms with Crippen LogP contribution in [0.1, 0.15) is 28.9 Å². The van der Waals surface area contributed by atoms with Crippen LogP contribution in [0.5, 0.6) is 0 Å². The summed E-state index contributed by atoms with van der Waals surface area (Å²) in [5.41, 5.74) is 7.95. The van der Waals surface area contributed by atoms with Crippen molar-refractivity contribution in [2.24, 2.45) is 0 Å². The van der Waals surface area contributed by atoms with Gasteiger partial charge in [-0.2, -0.15) is 11.3 Å². The maximum absolute atomic E-state index is 11.1. The molecule has 0 amide bonds. The zero-order chi connectivity index (χ0) is 13.1. The molecule has 5 heteroatoms. The highest BCUT2D eigenvalue weighted by Gasteiger charge is 2.13. The highest BCUT2D eigenvalue weighted by atomic mass is 32.1. The zero-order valence-electron chi connectivity index (χ0n) is 9.88. The molecule has 0 saturated heterocycles. The summed E-state index contributed by atoms with van der Waals surface area (Å²) in [5.74, 6) is -0.984. The van der Waals surface area contributed by atoms with E-state index in [0.29, 0.717) is 11.4 Å². The van der Waals surface area contributed by atoms with Gasteiger partial charge >= 0.3 is 5.97 Å². The second kappa shape index (κ2) is 5.10. The molecular formula is C13H14N2O2S. The van der Waals surface area contributed by atoms with Gasteiger partial charge in [0.2, 0.25) is 0 Å². The van der Waals surface area contributed by atoms with Crippen molar-refractivity contribution < 1.29 is 9.90 Å². The quantitative estimate of drug-likeness (QED) is 0.740. The van der Waals surface area contributed by atoms with E-state index in [1.54, 1.807) is 23.5 Å². The minimum atomic E-state index is -0.984. The van der Waals surface area contributed by atoms with Gasteiger partial charge in [0.15, 0.2) is 0 Å². The molecule has 0 aliphatic carbocycles. The van der Waals surface area contributed by atoms with Crippen LogP contribution in [0, 0.1) is 0 Å². The molecule has 0 bridgehead atoms. The highest BCUT2D eigenvalue weighted by Crippen LogP contribution is 2.25. The van der Waals surface area contributed by atoms with E-state index in [9.17, 15) is 4.79 Å². The van der Waals surface area contributed by atoms with Gasteiger partial charge in [0, 0.05) is 17.4 Å². The van der Waals surface area contributed by atoms with Gasteiger partial charge < -0.3 is 16.2 Å². The predicted octanol–water partition coefficient (Wildman–Crippen LogP) is 3.20. The molecule has 94 valence electrons. The number of carboxylic acid groups (broad SMARTS) is 1. The number of carbonyl (C=O) groups is 1. The fourth-order valence-corrected chi connectivity index (χ4v) is 2.46. The molecule has 0 fully saturated rings. The highest BCUT2D eigenvalue weighted by molar-refractivity contribution is 7.07. The molecule has 18 heavy (non-hydrogen) atoms. The summed E-state index contributed by atoms with van der Waals surface area (Å²) >= 11 is 1.62. The van der Waals surface area contributed by atoms with Crippen molar-refractivity contribution in [1.82, 2.24) is 0 Å². The van der Waals surface area contributed by atoms with E-state index in [2.05, 4.69) is 5.32 Å². The van der Waals surface area contributed by atoms with E-state index in [0.717, 1.165) is 5.56 Å². The van der Waals surface area contributed by atoms with E-state index in [1.807, 2.05) is 23.8 Å². The van der Waals surface area contributed by atoms with E-state index in [4.69, 9.17) is 10.8 Å². The first-order chi connectivity index (χ1) is 8.58. The molecule has 2 aromatic rings. The Morgan fingerprint density at radius 3 is 2.83 bits per heavy atom. The first kappa shape index (κ1) is 12.4. The van der Waals surface area contributed by atoms with Crippen LogP contribution >= 0.6 is 11.3 Å². The third kappa shape index (κ3) is 2.62. The second-order valence-corrected chi connectivity index (χ2v) is 4.81. The smallest absolute Gasteiger partial charge is 0.337 e. The van der Waals surface area contributed by atoms with Gasteiger partial charge in [0.05, 0.1) is 5.56 Å². The summed E-state index contributed by atoms with van der Waals surface area (Å²) in [6, 6.07) is 6.92. The molecule has 1 heterocycles. The van der Waals surface area contributed by atoms with Crippen LogP contribution in [0.15, 0.2) is 35.0 Å². The molecule has 1 aromatic carbocycles. The van der Waals surface area contributed by atoms with Gasteiger partial charge in [-0.1, -0.05) is 0 Å². The first-order valence-corrected chi connectivity index (χ1v) is 6.43. The molecule has 0 spiro atoms. The third-order valence-electron chi connectivity index (χ3n) is 2.69. The summed E-state index contributed by atoms with van der Waals surface area (Å²) in [6.07, 6.45) is 0. The van der Waals surface area contributed by atoms with E-state index in [-0.39, 0.29) is 11.6 Å². The Morgan fingerprint density at radius 1 is 1.44 bits per heavy atom. The van der Waals surface area contributed by atoms with Crippen molar-refractivity contribution in [3.63, 3.8) is 0 Å².